The third kappa shape index (κ3) is 7.79. The van der Waals surface area contributed by atoms with E-state index in [9.17, 15) is 9.59 Å². The minimum atomic E-state index is -0.606. The molecule has 5 nitrogen and oxygen atoms in total. The van der Waals surface area contributed by atoms with E-state index >= 15 is 0 Å². The fourth-order valence-corrected chi connectivity index (χ4v) is 3.37. The largest absolute Gasteiger partial charge is 0.463 e. The first kappa shape index (κ1) is 23.3. The summed E-state index contributed by atoms with van der Waals surface area (Å²) in [7, 11) is 2.01. The van der Waals surface area contributed by atoms with Crippen LogP contribution >= 0.6 is 0 Å². The molecule has 0 spiro atoms. The van der Waals surface area contributed by atoms with Gasteiger partial charge < -0.3 is 14.6 Å². The number of ether oxygens (including phenoxy) is 1. The monoisotopic (exact) mass is 408 g/mol. The maximum atomic E-state index is 11.6. The summed E-state index contributed by atoms with van der Waals surface area (Å²) in [6, 6.07) is 14.5. The average molecular weight is 409 g/mol. The van der Waals surface area contributed by atoms with E-state index in [0.717, 1.165) is 37.1 Å². The van der Waals surface area contributed by atoms with Crippen LogP contribution in [0, 0.1) is 11.8 Å². The smallest absolute Gasteiger partial charge is 0.302 e. The SMILES string of the molecule is CC(=O)N[C@](C)(CCc1ccc(C#CCCCc2ccccc2)n1C)COC(C)=O. The Morgan fingerprint density at radius 1 is 1.10 bits per heavy atom. The predicted molar refractivity (Wildman–Crippen MR) is 119 cm³/mol. The summed E-state index contributed by atoms with van der Waals surface area (Å²) in [4.78, 5) is 22.8. The van der Waals surface area contributed by atoms with Gasteiger partial charge >= 0.3 is 5.97 Å². The van der Waals surface area contributed by atoms with E-state index in [1.807, 2.05) is 26.1 Å². The molecule has 0 aliphatic heterocycles. The Bertz CT molecular complexity index is 905. The van der Waals surface area contributed by atoms with Gasteiger partial charge in [0.25, 0.3) is 0 Å². The van der Waals surface area contributed by atoms with Gasteiger partial charge in [-0.3, -0.25) is 9.59 Å². The van der Waals surface area contributed by atoms with E-state index in [-0.39, 0.29) is 18.5 Å². The van der Waals surface area contributed by atoms with Crippen LogP contribution in [0.25, 0.3) is 0 Å². The van der Waals surface area contributed by atoms with E-state index in [2.05, 4.69) is 52.1 Å². The molecule has 0 aliphatic rings. The summed E-state index contributed by atoms with van der Waals surface area (Å²) in [6.07, 6.45) is 4.34. The molecule has 1 atom stereocenters. The predicted octanol–water partition coefficient (Wildman–Crippen LogP) is 3.79. The molecule has 0 saturated heterocycles. The van der Waals surface area contributed by atoms with Crippen molar-refractivity contribution in [1.82, 2.24) is 9.88 Å². The molecule has 1 N–H and O–H groups in total. The Hall–Kier alpha value is -3.00. The van der Waals surface area contributed by atoms with Gasteiger partial charge in [-0.05, 0) is 56.2 Å². The first-order chi connectivity index (χ1) is 14.3. The zero-order valence-corrected chi connectivity index (χ0v) is 18.5. The number of rotatable bonds is 9. The molecule has 0 bridgehead atoms. The summed E-state index contributed by atoms with van der Waals surface area (Å²) >= 11 is 0. The molecule has 1 aromatic heterocycles. The zero-order chi connectivity index (χ0) is 22.0. The van der Waals surface area contributed by atoms with E-state index < -0.39 is 5.54 Å². The van der Waals surface area contributed by atoms with Gasteiger partial charge in [0.1, 0.15) is 6.61 Å². The van der Waals surface area contributed by atoms with Gasteiger partial charge in [0.2, 0.25) is 5.91 Å². The number of carbonyl (C=O) groups is 2. The van der Waals surface area contributed by atoms with Crippen LogP contribution in [0.4, 0.5) is 0 Å². The standard InChI is InChI=1S/C25H32N2O3/c1-20(28)26-25(3,19-30-21(2)29)18-17-24-16-15-23(27(24)4)14-10-6-9-13-22-11-7-5-8-12-22/h5,7-8,11-12,15-16H,6,9,13,17-19H2,1-4H3,(H,26,28)/t25-/m1/s1. The first-order valence-electron chi connectivity index (χ1n) is 10.4. The number of hydrogen-bond donors (Lipinski definition) is 1. The van der Waals surface area contributed by atoms with Crippen molar-refractivity contribution in [2.45, 2.75) is 58.4 Å². The number of nitrogens with one attached hydrogen (secondary N) is 1. The fraction of sp³-hybridized carbons (Fsp3) is 0.440. The van der Waals surface area contributed by atoms with Gasteiger partial charge in [-0.2, -0.15) is 0 Å². The van der Waals surface area contributed by atoms with Crippen LogP contribution in [0.1, 0.15) is 57.0 Å². The summed E-state index contributed by atoms with van der Waals surface area (Å²) in [5, 5.41) is 2.92. The van der Waals surface area contributed by atoms with Crippen molar-refractivity contribution in [3.63, 3.8) is 0 Å². The van der Waals surface area contributed by atoms with Gasteiger partial charge in [-0.25, -0.2) is 0 Å². The van der Waals surface area contributed by atoms with Crippen molar-refractivity contribution in [1.29, 1.82) is 0 Å². The van der Waals surface area contributed by atoms with Crippen LogP contribution in [0.3, 0.4) is 0 Å². The van der Waals surface area contributed by atoms with Crippen molar-refractivity contribution < 1.29 is 14.3 Å². The molecule has 1 heterocycles. The van der Waals surface area contributed by atoms with E-state index in [4.69, 9.17) is 4.74 Å². The van der Waals surface area contributed by atoms with Gasteiger partial charge in [-0.15, -0.1) is 0 Å². The van der Waals surface area contributed by atoms with Gasteiger partial charge in [0, 0.05) is 33.0 Å². The third-order valence-corrected chi connectivity index (χ3v) is 5.06. The molecular weight excluding hydrogens is 376 g/mol. The zero-order valence-electron chi connectivity index (χ0n) is 18.5. The highest BCUT2D eigenvalue weighted by molar-refractivity contribution is 5.74. The highest BCUT2D eigenvalue weighted by atomic mass is 16.5. The Labute approximate surface area is 179 Å². The van der Waals surface area contributed by atoms with Crippen LogP contribution in [-0.2, 0) is 34.2 Å². The van der Waals surface area contributed by atoms with Crippen molar-refractivity contribution >= 4 is 11.9 Å². The van der Waals surface area contributed by atoms with Gasteiger partial charge in [0.05, 0.1) is 11.2 Å². The molecule has 0 radical (unpaired) electrons. The summed E-state index contributed by atoms with van der Waals surface area (Å²) in [5.41, 5.74) is 2.84. The Kier molecular flexibility index (Phi) is 8.73. The fourth-order valence-electron chi connectivity index (χ4n) is 3.37. The van der Waals surface area contributed by atoms with Crippen LogP contribution in [-0.4, -0.2) is 28.6 Å². The lowest BCUT2D eigenvalue weighted by Crippen LogP contribution is -2.49. The number of benzene rings is 1. The Morgan fingerprint density at radius 2 is 1.83 bits per heavy atom. The van der Waals surface area contributed by atoms with E-state index in [1.54, 1.807) is 0 Å². The molecule has 160 valence electrons. The van der Waals surface area contributed by atoms with E-state index in [0.29, 0.717) is 6.42 Å². The van der Waals surface area contributed by atoms with Gasteiger partial charge in [-0.1, -0.05) is 36.3 Å². The second kappa shape index (κ2) is 11.3. The minimum absolute atomic E-state index is 0.140. The number of nitrogens with zero attached hydrogens (tertiary/aromatic N) is 1. The molecule has 2 aromatic rings. The number of aryl methyl sites for hydroxylation is 2. The van der Waals surface area contributed by atoms with Gasteiger partial charge in [0.15, 0.2) is 0 Å². The molecule has 0 saturated carbocycles. The molecule has 1 amide bonds. The summed E-state index contributed by atoms with van der Waals surface area (Å²) in [6.45, 7) is 4.89. The highest BCUT2D eigenvalue weighted by Crippen LogP contribution is 2.17. The maximum Gasteiger partial charge on any atom is 0.302 e. The molecular formula is C25H32N2O3. The van der Waals surface area contributed by atoms with Crippen molar-refractivity contribution in [2.24, 2.45) is 7.05 Å². The number of amides is 1. The summed E-state index contributed by atoms with van der Waals surface area (Å²) in [5.74, 6) is 6.04. The summed E-state index contributed by atoms with van der Waals surface area (Å²) < 4.78 is 7.24. The van der Waals surface area contributed by atoms with Crippen LogP contribution < -0.4 is 5.32 Å². The number of unbranched alkanes of at least 4 members (excludes halogenated alkanes) is 1. The molecule has 0 aliphatic carbocycles. The Balaban J connectivity index is 1.90. The normalized spacial score (nSPS) is 12.4. The maximum absolute atomic E-state index is 11.6. The lowest BCUT2D eigenvalue weighted by molar-refractivity contribution is -0.144. The second-order valence-corrected chi connectivity index (χ2v) is 7.93. The second-order valence-electron chi connectivity index (χ2n) is 7.93. The number of esters is 1. The van der Waals surface area contributed by atoms with Crippen molar-refractivity contribution in [2.75, 3.05) is 6.61 Å². The molecule has 0 unspecified atom stereocenters. The molecule has 1 aromatic carbocycles. The van der Waals surface area contributed by atoms with Crippen molar-refractivity contribution in [3.8, 4) is 11.8 Å². The molecule has 0 fully saturated rings. The molecule has 30 heavy (non-hydrogen) atoms. The lowest BCUT2D eigenvalue weighted by Gasteiger charge is -2.30. The quantitative estimate of drug-likeness (QED) is 0.390. The average Bonchev–Trinajstić information content (AvgIpc) is 3.05. The molecule has 5 heteroatoms. The van der Waals surface area contributed by atoms with Crippen LogP contribution in [0.5, 0.6) is 0 Å². The highest BCUT2D eigenvalue weighted by Gasteiger charge is 2.27. The Morgan fingerprint density at radius 3 is 2.50 bits per heavy atom. The first-order valence-corrected chi connectivity index (χ1v) is 10.4. The lowest BCUT2D eigenvalue weighted by atomic mass is 9.95. The van der Waals surface area contributed by atoms with E-state index in [1.165, 1.54) is 19.4 Å². The van der Waals surface area contributed by atoms with Crippen LogP contribution in [0.15, 0.2) is 42.5 Å². The topological polar surface area (TPSA) is 60.3 Å². The number of hydrogen-bond acceptors (Lipinski definition) is 3. The minimum Gasteiger partial charge on any atom is -0.463 e. The number of aromatic nitrogens is 1. The molecule has 2 rings (SSSR count). The number of carbonyl (C=O) groups excluding carboxylic acids is 2. The van der Waals surface area contributed by atoms with Crippen LogP contribution in [0.2, 0.25) is 0 Å². The third-order valence-electron chi connectivity index (χ3n) is 5.06. The van der Waals surface area contributed by atoms with Crippen molar-refractivity contribution in [3.05, 3.63) is 59.4 Å².